The van der Waals surface area contributed by atoms with Gasteiger partial charge in [-0.1, -0.05) is 6.08 Å². The van der Waals surface area contributed by atoms with Crippen molar-refractivity contribution >= 4 is 11.8 Å². The van der Waals surface area contributed by atoms with Gasteiger partial charge < -0.3 is 4.74 Å². The van der Waals surface area contributed by atoms with Gasteiger partial charge in [-0.15, -0.1) is 0 Å². The zero-order chi connectivity index (χ0) is 9.64. The van der Waals surface area contributed by atoms with Crippen molar-refractivity contribution in [2.45, 2.75) is 12.6 Å². The number of fused-ring (bicyclic) bond motifs is 1. The second kappa shape index (κ2) is 2.40. The molecule has 0 aliphatic heterocycles. The summed E-state index contributed by atoms with van der Waals surface area (Å²) in [6, 6.07) is 0. The maximum atomic E-state index is 13.7. The quantitative estimate of drug-likeness (QED) is 0.591. The molecule has 2 aliphatic rings. The number of rotatable bonds is 2. The molecule has 3 atom stereocenters. The Hall–Kier alpha value is -1.19. The van der Waals surface area contributed by atoms with E-state index in [0.29, 0.717) is 0 Å². The lowest BCUT2D eigenvalue weighted by Gasteiger charge is -2.06. The lowest BCUT2D eigenvalue weighted by atomic mass is 10.2. The normalized spacial score (nSPS) is 40.3. The van der Waals surface area contributed by atoms with Gasteiger partial charge in [-0.05, 0) is 13.0 Å². The lowest BCUT2D eigenvalue weighted by molar-refractivity contribution is -0.152. The number of ether oxygens (including phenoxy) is 1. The van der Waals surface area contributed by atoms with Crippen LogP contribution in [0.15, 0.2) is 12.2 Å². The van der Waals surface area contributed by atoms with E-state index in [2.05, 4.69) is 4.74 Å². The van der Waals surface area contributed by atoms with E-state index in [1.54, 1.807) is 6.92 Å². The molecule has 0 saturated heterocycles. The molecule has 3 unspecified atom stereocenters. The second-order valence-electron chi connectivity index (χ2n) is 3.25. The molecule has 1 saturated carbocycles. The zero-order valence-electron chi connectivity index (χ0n) is 7.12. The molecule has 3 nitrogen and oxygen atoms in total. The van der Waals surface area contributed by atoms with Crippen molar-refractivity contribution in [1.29, 1.82) is 0 Å². The highest BCUT2D eigenvalue weighted by molar-refractivity contribution is 6.06. The predicted octanol–water partition coefficient (Wildman–Crippen LogP) is 0.643. The second-order valence-corrected chi connectivity index (χ2v) is 3.25. The highest BCUT2D eigenvalue weighted by Gasteiger charge is 2.75. The van der Waals surface area contributed by atoms with Gasteiger partial charge in [-0.2, -0.15) is 0 Å². The molecule has 0 heterocycles. The summed E-state index contributed by atoms with van der Waals surface area (Å²) < 4.78 is 18.2. The van der Waals surface area contributed by atoms with Gasteiger partial charge in [0.1, 0.15) is 0 Å². The number of esters is 1. The predicted molar refractivity (Wildman–Crippen MR) is 41.6 cm³/mol. The van der Waals surface area contributed by atoms with Crippen LogP contribution in [-0.4, -0.2) is 24.0 Å². The Kier molecular flexibility index (Phi) is 1.55. The van der Waals surface area contributed by atoms with Crippen LogP contribution in [0.5, 0.6) is 0 Å². The fourth-order valence-electron chi connectivity index (χ4n) is 1.82. The standard InChI is InChI=1S/C9H9FO3/c1-2-13-8(12)9(10)5-3-4-6(11)7(5)9/h3-5,7H,2H2,1H3. The van der Waals surface area contributed by atoms with Crippen molar-refractivity contribution in [1.82, 2.24) is 0 Å². The van der Waals surface area contributed by atoms with Crippen LogP contribution in [0, 0.1) is 11.8 Å². The van der Waals surface area contributed by atoms with Gasteiger partial charge >= 0.3 is 5.97 Å². The molecule has 2 rings (SSSR count). The van der Waals surface area contributed by atoms with Crippen molar-refractivity contribution in [3.8, 4) is 0 Å². The number of halogens is 1. The molecule has 13 heavy (non-hydrogen) atoms. The van der Waals surface area contributed by atoms with Gasteiger partial charge in [0, 0.05) is 5.92 Å². The van der Waals surface area contributed by atoms with Crippen LogP contribution < -0.4 is 0 Å². The molecule has 0 bridgehead atoms. The maximum absolute atomic E-state index is 13.7. The minimum atomic E-state index is -2.05. The number of carbonyl (C=O) groups is 2. The first-order chi connectivity index (χ1) is 6.12. The smallest absolute Gasteiger partial charge is 0.345 e. The van der Waals surface area contributed by atoms with Crippen molar-refractivity contribution in [2.75, 3.05) is 6.61 Å². The average molecular weight is 184 g/mol. The molecular formula is C9H9FO3. The maximum Gasteiger partial charge on any atom is 0.345 e. The SMILES string of the molecule is CCOC(=O)C1(F)C2C=CC(=O)C21. The fourth-order valence-corrected chi connectivity index (χ4v) is 1.82. The minimum Gasteiger partial charge on any atom is -0.464 e. The Balaban J connectivity index is 2.14. The van der Waals surface area contributed by atoms with E-state index in [4.69, 9.17) is 0 Å². The highest BCUT2D eigenvalue weighted by atomic mass is 19.1. The number of hydrogen-bond acceptors (Lipinski definition) is 3. The van der Waals surface area contributed by atoms with Crippen LogP contribution in [0.4, 0.5) is 4.39 Å². The number of alkyl halides is 1. The topological polar surface area (TPSA) is 43.4 Å². The van der Waals surface area contributed by atoms with Crippen molar-refractivity contribution in [2.24, 2.45) is 11.8 Å². The highest BCUT2D eigenvalue weighted by Crippen LogP contribution is 2.59. The number of ketones is 1. The molecule has 0 aromatic rings. The van der Waals surface area contributed by atoms with E-state index in [1.807, 2.05) is 0 Å². The molecule has 0 radical (unpaired) electrons. The Morgan fingerprint density at radius 2 is 2.46 bits per heavy atom. The molecule has 1 fully saturated rings. The molecule has 0 aromatic heterocycles. The molecule has 0 aromatic carbocycles. The lowest BCUT2D eigenvalue weighted by Crippen LogP contribution is -2.26. The van der Waals surface area contributed by atoms with Crippen LogP contribution >= 0.6 is 0 Å². The number of allylic oxidation sites excluding steroid dienone is 2. The van der Waals surface area contributed by atoms with Crippen molar-refractivity contribution in [3.63, 3.8) is 0 Å². The van der Waals surface area contributed by atoms with Crippen LogP contribution in [0.2, 0.25) is 0 Å². The van der Waals surface area contributed by atoms with E-state index in [0.717, 1.165) is 0 Å². The van der Waals surface area contributed by atoms with Crippen molar-refractivity contribution < 1.29 is 18.7 Å². The van der Waals surface area contributed by atoms with E-state index in [9.17, 15) is 14.0 Å². The van der Waals surface area contributed by atoms with Gasteiger partial charge in [-0.25, -0.2) is 9.18 Å². The third kappa shape index (κ3) is 0.884. The van der Waals surface area contributed by atoms with E-state index >= 15 is 0 Å². The minimum absolute atomic E-state index is 0.141. The summed E-state index contributed by atoms with van der Waals surface area (Å²) in [6.45, 7) is 1.75. The largest absolute Gasteiger partial charge is 0.464 e. The summed E-state index contributed by atoms with van der Waals surface area (Å²) in [7, 11) is 0. The third-order valence-corrected chi connectivity index (χ3v) is 2.55. The number of hydrogen-bond donors (Lipinski definition) is 0. The van der Waals surface area contributed by atoms with Gasteiger partial charge in [-0.3, -0.25) is 4.79 Å². The summed E-state index contributed by atoms with van der Waals surface area (Å²) in [6.07, 6.45) is 2.77. The van der Waals surface area contributed by atoms with Crippen LogP contribution in [0.25, 0.3) is 0 Å². The van der Waals surface area contributed by atoms with Gasteiger partial charge in [0.2, 0.25) is 5.67 Å². The monoisotopic (exact) mass is 184 g/mol. The molecule has 0 N–H and O–H groups in total. The van der Waals surface area contributed by atoms with Gasteiger partial charge in [0.05, 0.1) is 12.5 Å². The Bertz CT molecular complexity index is 310. The Labute approximate surface area is 74.6 Å². The van der Waals surface area contributed by atoms with Gasteiger partial charge in [0.25, 0.3) is 0 Å². The zero-order valence-corrected chi connectivity index (χ0v) is 7.12. The molecule has 0 amide bonds. The molecule has 70 valence electrons. The average Bonchev–Trinajstić information content (AvgIpc) is 2.47. The molecule has 0 spiro atoms. The first-order valence-electron chi connectivity index (χ1n) is 4.20. The van der Waals surface area contributed by atoms with Crippen LogP contribution in [-0.2, 0) is 14.3 Å². The summed E-state index contributed by atoms with van der Waals surface area (Å²) in [5.41, 5.74) is -2.05. The molecule has 2 aliphatic carbocycles. The number of carbonyl (C=O) groups excluding carboxylic acids is 2. The van der Waals surface area contributed by atoms with Crippen LogP contribution in [0.1, 0.15) is 6.92 Å². The third-order valence-electron chi connectivity index (χ3n) is 2.55. The fraction of sp³-hybridized carbons (Fsp3) is 0.556. The first-order valence-corrected chi connectivity index (χ1v) is 4.20. The van der Waals surface area contributed by atoms with E-state index < -0.39 is 23.5 Å². The van der Waals surface area contributed by atoms with E-state index in [-0.39, 0.29) is 12.4 Å². The van der Waals surface area contributed by atoms with E-state index in [1.165, 1.54) is 12.2 Å². The summed E-state index contributed by atoms with van der Waals surface area (Å²) in [5, 5.41) is 0. The summed E-state index contributed by atoms with van der Waals surface area (Å²) in [5.74, 6) is -2.58. The Morgan fingerprint density at radius 3 is 2.92 bits per heavy atom. The van der Waals surface area contributed by atoms with Crippen molar-refractivity contribution in [3.05, 3.63) is 12.2 Å². The molecular weight excluding hydrogens is 175 g/mol. The first kappa shape index (κ1) is 8.41. The molecule has 4 heteroatoms. The van der Waals surface area contributed by atoms with Crippen LogP contribution in [0.3, 0.4) is 0 Å². The summed E-state index contributed by atoms with van der Waals surface area (Å²) >= 11 is 0. The Morgan fingerprint density at radius 1 is 1.77 bits per heavy atom. The van der Waals surface area contributed by atoms with Gasteiger partial charge in [0.15, 0.2) is 5.78 Å². The summed E-state index contributed by atoms with van der Waals surface area (Å²) in [4.78, 5) is 22.1.